The van der Waals surface area contributed by atoms with E-state index in [0.29, 0.717) is 16.9 Å². The molecule has 0 spiro atoms. The van der Waals surface area contributed by atoms with Crippen molar-refractivity contribution in [3.05, 3.63) is 199 Å². The molecule has 3 nitrogen and oxygen atoms in total. The van der Waals surface area contributed by atoms with E-state index >= 15 is 8.78 Å². The molecule has 0 atom stereocenters. The lowest BCUT2D eigenvalue weighted by Gasteiger charge is -2.21. The molecule has 0 aliphatic rings. The second-order valence-corrected chi connectivity index (χ2v) is 13.4. The fourth-order valence-electron chi connectivity index (χ4n) is 8.10. The molecule has 2 heterocycles. The zero-order valence-corrected chi connectivity index (χ0v) is 28.8. The summed E-state index contributed by atoms with van der Waals surface area (Å²) in [6, 6.07) is 56.7. The number of rotatable bonds is 5. The molecule has 0 unspecified atom stereocenters. The Bertz CT molecular complexity index is 3110. The maximum atomic E-state index is 16.0. The molecule has 0 bridgehead atoms. The van der Waals surface area contributed by atoms with Crippen molar-refractivity contribution in [2.45, 2.75) is 0 Å². The first-order chi connectivity index (χ1) is 26.6. The molecular formula is C49H29F2N3. The monoisotopic (exact) mass is 697 g/mol. The molecule has 0 aliphatic heterocycles. The maximum absolute atomic E-state index is 16.0. The summed E-state index contributed by atoms with van der Waals surface area (Å²) in [5.74, 6) is -1.40. The van der Waals surface area contributed by atoms with Crippen molar-refractivity contribution in [3.8, 4) is 44.8 Å². The standard InChI is InChI=1S/C49H29F2N3/c1-52-48-44(53-42-21-10-8-17-35(42)37-25-23-33(29-45(37)53)31-13-4-2-5-14-31)28-27-39(47-40(50)19-12-20-41(47)51)49(48)54-43-22-11-9-18-36(43)38-26-24-34(30-46(38)54)32-15-6-3-7-16-32/h2-30H. The van der Waals surface area contributed by atoms with Crippen LogP contribution in [0.4, 0.5) is 14.5 Å². The SMILES string of the molecule is [C-]#[N+]c1c(-n2c3ccccc3c3ccc(-c4ccccc4)cc32)ccc(-c2c(F)cccc2F)c1-n1c2ccccc2c2ccc(-c3ccccc3)cc21. The van der Waals surface area contributed by atoms with Crippen LogP contribution in [0.15, 0.2) is 176 Å². The molecule has 0 amide bonds. The van der Waals surface area contributed by atoms with Gasteiger partial charge in [0.25, 0.3) is 0 Å². The highest BCUT2D eigenvalue weighted by Gasteiger charge is 2.26. The summed E-state index contributed by atoms with van der Waals surface area (Å²) >= 11 is 0. The summed E-state index contributed by atoms with van der Waals surface area (Å²) in [6.07, 6.45) is 0. The van der Waals surface area contributed by atoms with Gasteiger partial charge in [-0.25, -0.2) is 13.6 Å². The van der Waals surface area contributed by atoms with Gasteiger partial charge >= 0.3 is 0 Å². The minimum absolute atomic E-state index is 0.178. The first-order valence-electron chi connectivity index (χ1n) is 17.8. The molecular weight excluding hydrogens is 669 g/mol. The van der Waals surface area contributed by atoms with Crippen LogP contribution in [-0.4, -0.2) is 9.13 Å². The lowest BCUT2D eigenvalue weighted by atomic mass is 9.99. The Kier molecular flexibility index (Phi) is 7.24. The number of para-hydroxylation sites is 2. The van der Waals surface area contributed by atoms with Gasteiger partial charge in [0, 0.05) is 27.1 Å². The molecule has 2 aromatic heterocycles. The van der Waals surface area contributed by atoms with Gasteiger partial charge in [-0.1, -0.05) is 133 Å². The number of halogens is 2. The molecule has 0 fully saturated rings. The summed E-state index contributed by atoms with van der Waals surface area (Å²) in [5.41, 5.74) is 9.05. The van der Waals surface area contributed by atoms with E-state index in [2.05, 4.69) is 88.3 Å². The topological polar surface area (TPSA) is 14.2 Å². The van der Waals surface area contributed by atoms with E-state index in [1.54, 1.807) is 6.07 Å². The predicted molar refractivity (Wildman–Crippen MR) is 218 cm³/mol. The molecule has 8 aromatic carbocycles. The second-order valence-electron chi connectivity index (χ2n) is 13.4. The summed E-state index contributed by atoms with van der Waals surface area (Å²) in [6.45, 7) is 8.89. The van der Waals surface area contributed by atoms with E-state index in [4.69, 9.17) is 6.57 Å². The zero-order valence-electron chi connectivity index (χ0n) is 28.8. The van der Waals surface area contributed by atoms with Crippen molar-refractivity contribution in [3.63, 3.8) is 0 Å². The number of hydrogen-bond donors (Lipinski definition) is 0. The van der Waals surface area contributed by atoms with Gasteiger partial charge in [-0.3, -0.25) is 0 Å². The van der Waals surface area contributed by atoms with Crippen LogP contribution in [0.3, 0.4) is 0 Å². The third-order valence-electron chi connectivity index (χ3n) is 10.5. The molecule has 10 aromatic rings. The highest BCUT2D eigenvalue weighted by molar-refractivity contribution is 6.13. The van der Waals surface area contributed by atoms with Crippen molar-refractivity contribution >= 4 is 49.3 Å². The molecule has 10 rings (SSSR count). The Morgan fingerprint density at radius 3 is 1.44 bits per heavy atom. The zero-order chi connectivity index (χ0) is 36.3. The fourth-order valence-corrected chi connectivity index (χ4v) is 8.10. The largest absolute Gasteiger partial charge is 0.319 e. The van der Waals surface area contributed by atoms with Crippen LogP contribution in [0, 0.1) is 18.2 Å². The predicted octanol–water partition coefficient (Wildman–Crippen LogP) is 13.7. The van der Waals surface area contributed by atoms with Crippen LogP contribution >= 0.6 is 0 Å². The first kappa shape index (κ1) is 31.4. The van der Waals surface area contributed by atoms with Crippen LogP contribution in [0.2, 0.25) is 0 Å². The van der Waals surface area contributed by atoms with E-state index in [1.165, 1.54) is 18.2 Å². The summed E-state index contributed by atoms with van der Waals surface area (Å²) in [7, 11) is 0. The van der Waals surface area contributed by atoms with Crippen LogP contribution in [0.25, 0.3) is 93.2 Å². The molecule has 254 valence electrons. The van der Waals surface area contributed by atoms with Crippen molar-refractivity contribution in [2.75, 3.05) is 0 Å². The molecule has 0 saturated heterocycles. The van der Waals surface area contributed by atoms with Gasteiger partial charge in [0.15, 0.2) is 0 Å². The molecule has 0 radical (unpaired) electrons. The summed E-state index contributed by atoms with van der Waals surface area (Å²) in [5, 5.41) is 4.02. The van der Waals surface area contributed by atoms with E-state index in [-0.39, 0.29) is 11.3 Å². The average Bonchev–Trinajstić information content (AvgIpc) is 3.73. The first-order valence-corrected chi connectivity index (χ1v) is 17.8. The van der Waals surface area contributed by atoms with Crippen molar-refractivity contribution in [1.29, 1.82) is 0 Å². The van der Waals surface area contributed by atoms with Crippen molar-refractivity contribution < 1.29 is 8.78 Å². The maximum Gasteiger partial charge on any atom is 0.234 e. The Hall–Kier alpha value is -7.29. The Morgan fingerprint density at radius 2 is 0.889 bits per heavy atom. The third kappa shape index (κ3) is 4.78. The van der Waals surface area contributed by atoms with Crippen LogP contribution in [0.1, 0.15) is 0 Å². The van der Waals surface area contributed by atoms with Gasteiger partial charge in [-0.15, -0.1) is 0 Å². The molecule has 0 aliphatic carbocycles. The highest BCUT2D eigenvalue weighted by atomic mass is 19.1. The number of aromatic nitrogens is 2. The number of benzene rings is 8. The average molecular weight is 698 g/mol. The minimum Gasteiger partial charge on any atom is -0.319 e. The second kappa shape index (κ2) is 12.4. The lowest BCUT2D eigenvalue weighted by molar-refractivity contribution is 0.589. The van der Waals surface area contributed by atoms with E-state index in [0.717, 1.165) is 65.9 Å². The minimum atomic E-state index is -0.699. The van der Waals surface area contributed by atoms with Gasteiger partial charge < -0.3 is 9.13 Å². The van der Waals surface area contributed by atoms with Gasteiger partial charge in [-0.05, 0) is 64.7 Å². The molecule has 5 heteroatoms. The number of nitrogens with zero attached hydrogens (tertiary/aromatic N) is 3. The number of fused-ring (bicyclic) bond motifs is 6. The number of hydrogen-bond acceptors (Lipinski definition) is 0. The van der Waals surface area contributed by atoms with Crippen LogP contribution in [-0.2, 0) is 0 Å². The lowest BCUT2D eigenvalue weighted by Crippen LogP contribution is -2.04. The van der Waals surface area contributed by atoms with E-state index in [9.17, 15) is 0 Å². The highest BCUT2D eigenvalue weighted by Crippen LogP contribution is 2.47. The summed E-state index contributed by atoms with van der Waals surface area (Å²) < 4.78 is 36.1. The van der Waals surface area contributed by atoms with Gasteiger partial charge in [-0.2, -0.15) is 0 Å². The Balaban J connectivity index is 1.37. The fraction of sp³-hybridized carbons (Fsp3) is 0. The van der Waals surface area contributed by atoms with Crippen molar-refractivity contribution in [1.82, 2.24) is 9.13 Å². The van der Waals surface area contributed by atoms with Gasteiger partial charge in [0.05, 0.1) is 45.6 Å². The molecule has 54 heavy (non-hydrogen) atoms. The molecule has 0 N–H and O–H groups in total. The van der Waals surface area contributed by atoms with Gasteiger partial charge in [0.2, 0.25) is 5.69 Å². The van der Waals surface area contributed by atoms with Crippen LogP contribution < -0.4 is 0 Å². The van der Waals surface area contributed by atoms with E-state index in [1.807, 2.05) is 77.4 Å². The third-order valence-corrected chi connectivity index (χ3v) is 10.5. The van der Waals surface area contributed by atoms with Crippen LogP contribution in [0.5, 0.6) is 0 Å². The Morgan fingerprint density at radius 1 is 0.407 bits per heavy atom. The van der Waals surface area contributed by atoms with E-state index < -0.39 is 11.6 Å². The molecule has 0 saturated carbocycles. The smallest absolute Gasteiger partial charge is 0.234 e. The normalized spacial score (nSPS) is 11.5. The quantitative estimate of drug-likeness (QED) is 0.159. The summed E-state index contributed by atoms with van der Waals surface area (Å²) in [4.78, 5) is 4.28. The van der Waals surface area contributed by atoms with Gasteiger partial charge in [0.1, 0.15) is 11.6 Å². The van der Waals surface area contributed by atoms with Crippen molar-refractivity contribution in [2.24, 2.45) is 0 Å². The Labute approximate surface area is 310 Å².